The number of nitrogens with zero attached hydrogens (tertiary/aromatic N) is 2. The Bertz CT molecular complexity index is 186. The number of ether oxygens (including phenoxy) is 1. The Morgan fingerprint density at radius 3 is 2.75 bits per heavy atom. The molecule has 0 spiro atoms. The fraction of sp³-hybridized carbons (Fsp3) is 0.750. The molecule has 0 saturated heterocycles. The van der Waals surface area contributed by atoms with E-state index in [2.05, 4.69) is 0 Å². The molecule has 0 N–H and O–H groups in total. The van der Waals surface area contributed by atoms with Crippen LogP contribution in [0.3, 0.4) is 0 Å². The van der Waals surface area contributed by atoms with Gasteiger partial charge in [-0.05, 0) is 6.92 Å². The number of nitriles is 1. The van der Waals surface area contributed by atoms with E-state index in [4.69, 9.17) is 10.00 Å². The predicted molar refractivity (Wildman–Crippen MR) is 44.3 cm³/mol. The number of methoxy groups -OCH3 is 1. The maximum Gasteiger partial charge on any atom is 0.236 e. The van der Waals surface area contributed by atoms with E-state index in [1.807, 2.05) is 13.0 Å². The summed E-state index contributed by atoms with van der Waals surface area (Å²) in [6.45, 7) is 2.37. The maximum atomic E-state index is 11.1. The average molecular weight is 170 g/mol. The molecule has 4 heteroatoms. The second-order valence-electron chi connectivity index (χ2n) is 2.64. The van der Waals surface area contributed by atoms with Crippen molar-refractivity contribution in [1.29, 1.82) is 5.26 Å². The second-order valence-corrected chi connectivity index (χ2v) is 2.64. The molecule has 68 valence electrons. The summed E-state index contributed by atoms with van der Waals surface area (Å²) >= 11 is 0. The first-order valence-corrected chi connectivity index (χ1v) is 3.75. The lowest BCUT2D eigenvalue weighted by molar-refractivity contribution is -0.131. The second kappa shape index (κ2) is 5.56. The van der Waals surface area contributed by atoms with Gasteiger partial charge < -0.3 is 9.64 Å². The van der Waals surface area contributed by atoms with E-state index in [0.717, 1.165) is 0 Å². The first-order valence-electron chi connectivity index (χ1n) is 3.75. The Morgan fingerprint density at radius 1 is 1.75 bits per heavy atom. The summed E-state index contributed by atoms with van der Waals surface area (Å²) in [5.74, 6) is -0.165. The molecule has 0 aromatic carbocycles. The molecule has 0 aromatic rings. The highest BCUT2D eigenvalue weighted by Crippen LogP contribution is 1.98. The molecular weight excluding hydrogens is 156 g/mol. The van der Waals surface area contributed by atoms with Crippen LogP contribution >= 0.6 is 0 Å². The highest BCUT2D eigenvalue weighted by Gasteiger charge is 2.14. The third-order valence-corrected chi connectivity index (χ3v) is 1.69. The van der Waals surface area contributed by atoms with Gasteiger partial charge in [-0.2, -0.15) is 5.26 Å². The number of likely N-dealkylation sites (N-methyl/N-ethyl adjacent to an activating group) is 1. The molecular formula is C8H14N2O2. The summed E-state index contributed by atoms with van der Waals surface area (Å²) in [6.07, 6.45) is -0.0649. The summed E-state index contributed by atoms with van der Waals surface area (Å²) in [5, 5.41) is 8.27. The van der Waals surface area contributed by atoms with E-state index in [1.165, 1.54) is 4.90 Å². The van der Waals surface area contributed by atoms with Crippen LogP contribution in [0.4, 0.5) is 0 Å². The van der Waals surface area contributed by atoms with Crippen molar-refractivity contribution >= 4 is 5.91 Å². The van der Waals surface area contributed by atoms with Gasteiger partial charge in [-0.25, -0.2) is 0 Å². The Kier molecular flexibility index (Phi) is 5.06. The maximum absolute atomic E-state index is 11.1. The Balaban J connectivity index is 3.92. The first-order chi connectivity index (χ1) is 5.63. The van der Waals surface area contributed by atoms with Gasteiger partial charge in [0.15, 0.2) is 0 Å². The van der Waals surface area contributed by atoms with Gasteiger partial charge in [0.05, 0.1) is 18.7 Å². The zero-order valence-corrected chi connectivity index (χ0v) is 7.70. The van der Waals surface area contributed by atoms with Gasteiger partial charge in [-0.3, -0.25) is 4.79 Å². The topological polar surface area (TPSA) is 53.3 Å². The standard InChI is InChI=1S/C8H14N2O2/c1-7(6-12-3)10(2)8(11)4-5-9/h7H,4,6H2,1-3H3. The highest BCUT2D eigenvalue weighted by molar-refractivity contribution is 5.78. The quantitative estimate of drug-likeness (QED) is 0.613. The van der Waals surface area contributed by atoms with Crippen LogP contribution in [-0.2, 0) is 9.53 Å². The number of hydrogen-bond acceptors (Lipinski definition) is 3. The lowest BCUT2D eigenvalue weighted by atomic mass is 10.3. The third-order valence-electron chi connectivity index (χ3n) is 1.69. The molecule has 0 rings (SSSR count). The molecule has 0 saturated carbocycles. The van der Waals surface area contributed by atoms with Crippen LogP contribution in [0.15, 0.2) is 0 Å². The largest absolute Gasteiger partial charge is 0.383 e. The van der Waals surface area contributed by atoms with Gasteiger partial charge in [-0.1, -0.05) is 0 Å². The average Bonchev–Trinajstić information content (AvgIpc) is 2.04. The lowest BCUT2D eigenvalue weighted by Crippen LogP contribution is -2.37. The van der Waals surface area contributed by atoms with Crippen molar-refractivity contribution in [2.45, 2.75) is 19.4 Å². The summed E-state index contributed by atoms with van der Waals surface area (Å²) in [6, 6.07) is 1.84. The zero-order valence-electron chi connectivity index (χ0n) is 7.70. The molecule has 0 aliphatic heterocycles. The van der Waals surface area contributed by atoms with Gasteiger partial charge >= 0.3 is 0 Å². The monoisotopic (exact) mass is 170 g/mol. The lowest BCUT2D eigenvalue weighted by Gasteiger charge is -2.23. The number of carbonyl (C=O) groups excluding carboxylic acids is 1. The third kappa shape index (κ3) is 3.35. The molecule has 0 bridgehead atoms. The SMILES string of the molecule is COCC(C)N(C)C(=O)CC#N. The number of rotatable bonds is 4. The molecule has 0 aliphatic rings. The van der Waals surface area contributed by atoms with Crippen LogP contribution in [0.1, 0.15) is 13.3 Å². The van der Waals surface area contributed by atoms with E-state index in [0.29, 0.717) is 6.61 Å². The smallest absolute Gasteiger partial charge is 0.236 e. The fourth-order valence-electron chi connectivity index (χ4n) is 0.791. The highest BCUT2D eigenvalue weighted by atomic mass is 16.5. The summed E-state index contributed by atoms with van der Waals surface area (Å²) in [4.78, 5) is 12.6. The molecule has 1 amide bonds. The molecule has 4 nitrogen and oxygen atoms in total. The van der Waals surface area contributed by atoms with E-state index in [1.54, 1.807) is 14.2 Å². The molecule has 0 aliphatic carbocycles. The van der Waals surface area contributed by atoms with E-state index < -0.39 is 0 Å². The van der Waals surface area contributed by atoms with Crippen LogP contribution < -0.4 is 0 Å². The Morgan fingerprint density at radius 2 is 2.33 bits per heavy atom. The van der Waals surface area contributed by atoms with Gasteiger partial charge in [0.25, 0.3) is 0 Å². The molecule has 12 heavy (non-hydrogen) atoms. The number of hydrogen-bond donors (Lipinski definition) is 0. The van der Waals surface area contributed by atoms with E-state index in [9.17, 15) is 4.79 Å². The minimum Gasteiger partial charge on any atom is -0.383 e. The summed E-state index contributed by atoms with van der Waals surface area (Å²) in [7, 11) is 3.25. The first kappa shape index (κ1) is 10.9. The van der Waals surface area contributed by atoms with Gasteiger partial charge in [0.2, 0.25) is 5.91 Å². The molecule has 0 aromatic heterocycles. The summed E-state index contributed by atoms with van der Waals surface area (Å²) in [5.41, 5.74) is 0. The molecule has 1 unspecified atom stereocenters. The van der Waals surface area contributed by atoms with Crippen molar-refractivity contribution in [3.63, 3.8) is 0 Å². The fourth-order valence-corrected chi connectivity index (χ4v) is 0.791. The Labute approximate surface area is 72.7 Å². The van der Waals surface area contributed by atoms with Crippen molar-refractivity contribution in [1.82, 2.24) is 4.90 Å². The van der Waals surface area contributed by atoms with Crippen molar-refractivity contribution in [3.8, 4) is 6.07 Å². The van der Waals surface area contributed by atoms with Gasteiger partial charge in [0, 0.05) is 14.2 Å². The van der Waals surface area contributed by atoms with Gasteiger partial charge in [-0.15, -0.1) is 0 Å². The van der Waals surface area contributed by atoms with E-state index >= 15 is 0 Å². The number of carbonyl (C=O) groups is 1. The van der Waals surface area contributed by atoms with Crippen molar-refractivity contribution in [2.24, 2.45) is 0 Å². The Hall–Kier alpha value is -1.08. The van der Waals surface area contributed by atoms with Crippen molar-refractivity contribution in [3.05, 3.63) is 0 Å². The minimum atomic E-state index is -0.165. The molecule has 1 atom stereocenters. The zero-order chi connectivity index (χ0) is 9.56. The summed E-state index contributed by atoms with van der Waals surface area (Å²) < 4.78 is 4.88. The molecule has 0 heterocycles. The normalized spacial score (nSPS) is 11.8. The van der Waals surface area contributed by atoms with Crippen LogP contribution in [0.5, 0.6) is 0 Å². The van der Waals surface area contributed by atoms with Crippen molar-refractivity contribution < 1.29 is 9.53 Å². The van der Waals surface area contributed by atoms with Crippen LogP contribution in [0, 0.1) is 11.3 Å². The van der Waals surface area contributed by atoms with E-state index in [-0.39, 0.29) is 18.4 Å². The number of amides is 1. The molecule has 0 radical (unpaired) electrons. The van der Waals surface area contributed by atoms with Crippen LogP contribution in [0.25, 0.3) is 0 Å². The predicted octanol–water partition coefficient (Wildman–Crippen LogP) is 0.393. The van der Waals surface area contributed by atoms with Gasteiger partial charge in [0.1, 0.15) is 6.42 Å². The molecule has 0 fully saturated rings. The van der Waals surface area contributed by atoms with Crippen LogP contribution in [0.2, 0.25) is 0 Å². The van der Waals surface area contributed by atoms with Crippen LogP contribution in [-0.4, -0.2) is 37.6 Å². The van der Waals surface area contributed by atoms with Crippen molar-refractivity contribution in [2.75, 3.05) is 20.8 Å². The minimum absolute atomic E-state index is 0.0239.